The highest BCUT2D eigenvalue weighted by Crippen LogP contribution is 2.30. The summed E-state index contributed by atoms with van der Waals surface area (Å²) in [5.74, 6) is -0.896. The van der Waals surface area contributed by atoms with Gasteiger partial charge in [-0.25, -0.2) is 13.8 Å². The molecule has 2 rings (SSSR count). The van der Waals surface area contributed by atoms with Gasteiger partial charge in [-0.05, 0) is 31.7 Å². The van der Waals surface area contributed by atoms with Gasteiger partial charge in [0.05, 0.1) is 5.69 Å². The van der Waals surface area contributed by atoms with Crippen LogP contribution >= 0.6 is 11.3 Å². The van der Waals surface area contributed by atoms with Crippen molar-refractivity contribution in [1.82, 2.24) is 10.3 Å². The van der Waals surface area contributed by atoms with E-state index in [9.17, 15) is 8.78 Å². The fourth-order valence-electron chi connectivity index (χ4n) is 1.61. The smallest absolute Gasteiger partial charge is 0.133 e. The molecule has 0 aliphatic rings. The highest BCUT2D eigenvalue weighted by molar-refractivity contribution is 7.15. The van der Waals surface area contributed by atoms with Gasteiger partial charge in [-0.1, -0.05) is 6.92 Å². The van der Waals surface area contributed by atoms with Gasteiger partial charge in [-0.3, -0.25) is 0 Å². The maximum absolute atomic E-state index is 13.6. The van der Waals surface area contributed by atoms with Crippen molar-refractivity contribution in [3.8, 4) is 10.6 Å². The lowest BCUT2D eigenvalue weighted by atomic mass is 10.2. The first-order chi connectivity index (χ1) is 8.61. The zero-order valence-corrected chi connectivity index (χ0v) is 11.1. The summed E-state index contributed by atoms with van der Waals surface area (Å²) in [4.78, 5) is 5.36. The second kappa shape index (κ2) is 5.54. The number of benzene rings is 1. The monoisotopic (exact) mass is 268 g/mol. The maximum atomic E-state index is 13.6. The Bertz CT molecular complexity index is 552. The molecule has 0 fully saturated rings. The molecule has 18 heavy (non-hydrogen) atoms. The first-order valence-electron chi connectivity index (χ1n) is 5.74. The summed E-state index contributed by atoms with van der Waals surface area (Å²) in [7, 11) is 0. The number of nitrogens with one attached hydrogen (secondary N) is 1. The minimum Gasteiger partial charge on any atom is -0.312 e. The molecule has 0 radical (unpaired) electrons. The van der Waals surface area contributed by atoms with Crippen molar-refractivity contribution in [2.75, 3.05) is 6.54 Å². The van der Waals surface area contributed by atoms with Crippen molar-refractivity contribution in [3.05, 3.63) is 40.4 Å². The minimum atomic E-state index is -0.451. The molecule has 1 aromatic carbocycles. The Morgan fingerprint density at radius 2 is 2.11 bits per heavy atom. The molecule has 2 nitrogen and oxygen atoms in total. The minimum absolute atomic E-state index is 0.228. The number of aryl methyl sites for hydroxylation is 1. The van der Waals surface area contributed by atoms with Gasteiger partial charge in [0.2, 0.25) is 0 Å². The van der Waals surface area contributed by atoms with E-state index in [0.717, 1.165) is 29.2 Å². The SMILES string of the molecule is CCNCc1sc(-c2cc(F)ccc2F)nc1C. The van der Waals surface area contributed by atoms with E-state index >= 15 is 0 Å². The van der Waals surface area contributed by atoms with Crippen molar-refractivity contribution in [2.24, 2.45) is 0 Å². The number of hydrogen-bond acceptors (Lipinski definition) is 3. The summed E-state index contributed by atoms with van der Waals surface area (Å²) in [6.45, 7) is 5.46. The molecule has 0 aliphatic carbocycles. The van der Waals surface area contributed by atoms with E-state index in [1.807, 2.05) is 13.8 Å². The van der Waals surface area contributed by atoms with Gasteiger partial charge < -0.3 is 5.32 Å². The zero-order chi connectivity index (χ0) is 13.1. The third-order valence-electron chi connectivity index (χ3n) is 2.59. The number of nitrogens with zero attached hydrogens (tertiary/aromatic N) is 1. The van der Waals surface area contributed by atoms with Crippen LogP contribution in [-0.2, 0) is 6.54 Å². The van der Waals surface area contributed by atoms with E-state index in [2.05, 4.69) is 10.3 Å². The Labute approximate surface area is 109 Å². The molecular weight excluding hydrogens is 254 g/mol. The van der Waals surface area contributed by atoms with Gasteiger partial charge >= 0.3 is 0 Å². The number of thiazole rings is 1. The number of halogens is 2. The molecule has 5 heteroatoms. The van der Waals surface area contributed by atoms with Crippen LogP contribution in [0.25, 0.3) is 10.6 Å². The van der Waals surface area contributed by atoms with Gasteiger partial charge in [-0.2, -0.15) is 0 Å². The summed E-state index contributed by atoms with van der Waals surface area (Å²) in [6, 6.07) is 3.43. The van der Waals surface area contributed by atoms with E-state index in [1.165, 1.54) is 17.4 Å². The van der Waals surface area contributed by atoms with Crippen LogP contribution in [-0.4, -0.2) is 11.5 Å². The first-order valence-corrected chi connectivity index (χ1v) is 6.56. The lowest BCUT2D eigenvalue weighted by molar-refractivity contribution is 0.603. The summed E-state index contributed by atoms with van der Waals surface area (Å²) in [5, 5.41) is 3.72. The predicted octanol–water partition coefficient (Wildman–Crippen LogP) is 3.51. The number of hydrogen-bond donors (Lipinski definition) is 1. The van der Waals surface area contributed by atoms with E-state index in [4.69, 9.17) is 0 Å². The Kier molecular flexibility index (Phi) is 4.04. The Balaban J connectivity index is 2.36. The normalized spacial score (nSPS) is 10.9. The first kappa shape index (κ1) is 13.1. The summed E-state index contributed by atoms with van der Waals surface area (Å²) in [5.41, 5.74) is 1.09. The molecule has 1 N–H and O–H groups in total. The van der Waals surface area contributed by atoms with Crippen LogP contribution in [0.3, 0.4) is 0 Å². The predicted molar refractivity (Wildman–Crippen MR) is 69.6 cm³/mol. The Morgan fingerprint density at radius 1 is 1.33 bits per heavy atom. The molecule has 2 aromatic rings. The molecule has 0 spiro atoms. The van der Waals surface area contributed by atoms with Crippen LogP contribution in [0, 0.1) is 18.6 Å². The molecule has 0 aliphatic heterocycles. The van der Waals surface area contributed by atoms with Crippen LogP contribution in [0.15, 0.2) is 18.2 Å². The van der Waals surface area contributed by atoms with Crippen molar-refractivity contribution >= 4 is 11.3 Å². The highest BCUT2D eigenvalue weighted by atomic mass is 32.1. The van der Waals surface area contributed by atoms with Crippen LogP contribution in [0.1, 0.15) is 17.5 Å². The molecular formula is C13H14F2N2S. The topological polar surface area (TPSA) is 24.9 Å². The number of aromatic nitrogens is 1. The van der Waals surface area contributed by atoms with Crippen molar-refractivity contribution < 1.29 is 8.78 Å². The molecule has 0 saturated carbocycles. The summed E-state index contributed by atoms with van der Waals surface area (Å²) >= 11 is 1.40. The van der Waals surface area contributed by atoms with Crippen molar-refractivity contribution in [1.29, 1.82) is 0 Å². The van der Waals surface area contributed by atoms with Crippen molar-refractivity contribution in [2.45, 2.75) is 20.4 Å². The largest absolute Gasteiger partial charge is 0.312 e. The average Bonchev–Trinajstić information content (AvgIpc) is 2.71. The summed E-state index contributed by atoms with van der Waals surface area (Å²) < 4.78 is 26.8. The standard InChI is InChI=1S/C13H14F2N2S/c1-3-16-7-12-8(2)17-13(18-12)10-6-9(14)4-5-11(10)15/h4-6,16H,3,7H2,1-2H3. The van der Waals surface area contributed by atoms with Crippen LogP contribution < -0.4 is 5.32 Å². The highest BCUT2D eigenvalue weighted by Gasteiger charge is 2.13. The zero-order valence-electron chi connectivity index (χ0n) is 10.3. The van der Waals surface area contributed by atoms with Crippen LogP contribution in [0.2, 0.25) is 0 Å². The third kappa shape index (κ3) is 2.73. The Hall–Kier alpha value is -1.33. The Morgan fingerprint density at radius 3 is 2.83 bits per heavy atom. The lowest BCUT2D eigenvalue weighted by Crippen LogP contribution is -2.11. The lowest BCUT2D eigenvalue weighted by Gasteiger charge is -1.99. The molecule has 0 atom stereocenters. The molecule has 0 unspecified atom stereocenters. The third-order valence-corrected chi connectivity index (χ3v) is 3.78. The molecule has 0 bridgehead atoms. The number of rotatable bonds is 4. The van der Waals surface area contributed by atoms with Crippen LogP contribution in [0.4, 0.5) is 8.78 Å². The van der Waals surface area contributed by atoms with E-state index < -0.39 is 11.6 Å². The molecule has 0 saturated heterocycles. The van der Waals surface area contributed by atoms with Gasteiger partial charge in [0.25, 0.3) is 0 Å². The average molecular weight is 268 g/mol. The maximum Gasteiger partial charge on any atom is 0.133 e. The molecule has 1 heterocycles. The van der Waals surface area contributed by atoms with E-state index in [1.54, 1.807) is 0 Å². The molecule has 96 valence electrons. The van der Waals surface area contributed by atoms with E-state index in [-0.39, 0.29) is 5.56 Å². The quantitative estimate of drug-likeness (QED) is 0.918. The van der Waals surface area contributed by atoms with Gasteiger partial charge in [-0.15, -0.1) is 11.3 Å². The fourth-order valence-corrected chi connectivity index (χ4v) is 2.66. The van der Waals surface area contributed by atoms with Gasteiger partial charge in [0.1, 0.15) is 16.6 Å². The van der Waals surface area contributed by atoms with E-state index in [0.29, 0.717) is 11.6 Å². The molecule has 1 aromatic heterocycles. The fraction of sp³-hybridized carbons (Fsp3) is 0.308. The summed E-state index contributed by atoms with van der Waals surface area (Å²) in [6.07, 6.45) is 0. The van der Waals surface area contributed by atoms with Gasteiger partial charge in [0, 0.05) is 17.0 Å². The van der Waals surface area contributed by atoms with Crippen LogP contribution in [0.5, 0.6) is 0 Å². The second-order valence-electron chi connectivity index (χ2n) is 3.93. The van der Waals surface area contributed by atoms with Gasteiger partial charge in [0.15, 0.2) is 0 Å². The second-order valence-corrected chi connectivity index (χ2v) is 5.02. The molecule has 0 amide bonds. The van der Waals surface area contributed by atoms with Crippen molar-refractivity contribution in [3.63, 3.8) is 0 Å².